The van der Waals surface area contributed by atoms with Crippen LogP contribution in [0.25, 0.3) is 10.2 Å². The van der Waals surface area contributed by atoms with Crippen LogP contribution in [-0.2, 0) is 17.1 Å². The molecule has 2 heterocycles. The predicted octanol–water partition coefficient (Wildman–Crippen LogP) is 5.87. The molecule has 0 bridgehead atoms. The van der Waals surface area contributed by atoms with E-state index in [1.165, 1.54) is 35.2 Å². The number of thiophene rings is 1. The first-order chi connectivity index (χ1) is 17.9. The number of carbonyl (C=O) groups is 1. The van der Waals surface area contributed by atoms with Crippen LogP contribution in [0.4, 0.5) is 11.4 Å². The van der Waals surface area contributed by atoms with Gasteiger partial charge in [-0.05, 0) is 54.1 Å². The number of anilines is 1. The minimum Gasteiger partial charge on any atom is -0.497 e. The Morgan fingerprint density at radius 2 is 1.86 bits per heavy atom. The number of benzene rings is 2. The summed E-state index contributed by atoms with van der Waals surface area (Å²) in [4.78, 5) is 40.5. The molecule has 0 aliphatic carbocycles. The van der Waals surface area contributed by atoms with Gasteiger partial charge in [0.1, 0.15) is 10.4 Å². The lowest BCUT2D eigenvalue weighted by Gasteiger charge is -2.12. The van der Waals surface area contributed by atoms with E-state index in [1.807, 2.05) is 11.4 Å². The number of thioether (sulfide) groups is 1. The summed E-state index contributed by atoms with van der Waals surface area (Å²) < 4.78 is 7.45. The minimum absolute atomic E-state index is 0.0427. The number of nitro benzene ring substituents is 1. The lowest BCUT2D eigenvalue weighted by atomic mass is 10.2. The number of unbranched alkanes of at least 4 members (excludes halogenated alkanes) is 2. The fraction of sp³-hybridized carbons (Fsp3) is 0.269. The van der Waals surface area contributed by atoms with Gasteiger partial charge in [-0.2, -0.15) is 0 Å². The molecule has 37 heavy (non-hydrogen) atoms. The molecule has 1 amide bonds. The number of nitrogens with zero attached hydrogens (tertiary/aromatic N) is 3. The number of nitrogens with one attached hydrogen (secondary N) is 1. The van der Waals surface area contributed by atoms with Crippen molar-refractivity contribution in [3.63, 3.8) is 0 Å². The molecule has 0 radical (unpaired) electrons. The molecule has 0 saturated heterocycles. The Labute approximate surface area is 221 Å². The normalized spacial score (nSPS) is 10.9. The van der Waals surface area contributed by atoms with Gasteiger partial charge in [-0.1, -0.05) is 30.3 Å². The van der Waals surface area contributed by atoms with E-state index in [4.69, 9.17) is 9.72 Å². The molecular weight excluding hydrogens is 512 g/mol. The average Bonchev–Trinajstić information content (AvgIpc) is 3.38. The molecule has 0 spiro atoms. The Balaban J connectivity index is 1.33. The van der Waals surface area contributed by atoms with E-state index in [1.54, 1.807) is 48.1 Å². The molecule has 9 nitrogen and oxygen atoms in total. The first-order valence-electron chi connectivity index (χ1n) is 11.7. The van der Waals surface area contributed by atoms with Crippen LogP contribution in [-0.4, -0.2) is 27.5 Å². The average molecular weight is 539 g/mol. The summed E-state index contributed by atoms with van der Waals surface area (Å²) in [6, 6.07) is 15.4. The molecule has 0 unspecified atom stereocenters. The number of non-ortho nitro benzene ring substituents is 1. The van der Waals surface area contributed by atoms with Crippen LogP contribution in [0.15, 0.2) is 69.9 Å². The second-order valence-corrected chi connectivity index (χ2v) is 10.1. The lowest BCUT2D eigenvalue weighted by molar-refractivity contribution is -0.384. The number of methoxy groups -OCH3 is 1. The number of rotatable bonds is 12. The van der Waals surface area contributed by atoms with Crippen LogP contribution in [0.5, 0.6) is 5.75 Å². The molecule has 2 aromatic carbocycles. The summed E-state index contributed by atoms with van der Waals surface area (Å²) in [6.45, 7) is 0.502. The first kappa shape index (κ1) is 26.4. The highest BCUT2D eigenvalue weighted by atomic mass is 32.2. The summed E-state index contributed by atoms with van der Waals surface area (Å²) in [5, 5.41) is 16.2. The van der Waals surface area contributed by atoms with E-state index < -0.39 is 4.92 Å². The van der Waals surface area contributed by atoms with Crippen LogP contribution in [0.1, 0.15) is 31.2 Å². The highest BCUT2D eigenvalue weighted by Crippen LogP contribution is 2.25. The highest BCUT2D eigenvalue weighted by molar-refractivity contribution is 7.98. The van der Waals surface area contributed by atoms with Crippen molar-refractivity contribution in [3.8, 4) is 5.75 Å². The summed E-state index contributed by atoms with van der Waals surface area (Å²) in [6.07, 6.45) is 2.62. The Morgan fingerprint density at radius 1 is 1.11 bits per heavy atom. The molecule has 0 fully saturated rings. The third kappa shape index (κ3) is 6.95. The maximum Gasteiger partial charge on any atom is 0.272 e. The number of fused-ring (bicyclic) bond motifs is 1. The summed E-state index contributed by atoms with van der Waals surface area (Å²) in [7, 11) is 1.59. The van der Waals surface area contributed by atoms with Crippen LogP contribution in [0.2, 0.25) is 0 Å². The minimum atomic E-state index is -0.427. The van der Waals surface area contributed by atoms with Gasteiger partial charge in [0.25, 0.3) is 11.2 Å². The summed E-state index contributed by atoms with van der Waals surface area (Å²) >= 11 is 2.81. The van der Waals surface area contributed by atoms with E-state index in [2.05, 4.69) is 5.32 Å². The standard InChI is InChI=1S/C26H26N4O5S2/c1-35-21-12-8-19(9-13-21)27-23(31)5-3-2-4-15-29-25(32)24-22(14-16-36-24)28-26(29)37-17-18-6-10-20(11-7-18)30(33)34/h6-14,16H,2-5,15,17H2,1H3,(H,27,31). The van der Waals surface area contributed by atoms with E-state index in [9.17, 15) is 19.7 Å². The van der Waals surface area contributed by atoms with Crippen LogP contribution >= 0.6 is 23.1 Å². The summed E-state index contributed by atoms with van der Waals surface area (Å²) in [5.41, 5.74) is 2.28. The molecule has 0 aliphatic rings. The molecular formula is C26H26N4O5S2. The van der Waals surface area contributed by atoms with E-state index >= 15 is 0 Å². The third-order valence-corrected chi connectivity index (χ3v) is 7.64. The first-order valence-corrected chi connectivity index (χ1v) is 13.6. The van der Waals surface area contributed by atoms with Crippen molar-refractivity contribution in [2.24, 2.45) is 0 Å². The molecule has 11 heteroatoms. The number of ether oxygens (including phenoxy) is 1. The topological polar surface area (TPSA) is 116 Å². The van der Waals surface area contributed by atoms with Crippen molar-refractivity contribution < 1.29 is 14.5 Å². The maximum atomic E-state index is 13.1. The number of carbonyl (C=O) groups excluding carboxylic acids is 1. The molecule has 4 aromatic rings. The van der Waals surface area contributed by atoms with E-state index in [-0.39, 0.29) is 17.2 Å². The second kappa shape index (κ2) is 12.5. The van der Waals surface area contributed by atoms with Crippen molar-refractivity contribution in [2.75, 3.05) is 12.4 Å². The van der Waals surface area contributed by atoms with E-state index in [0.29, 0.717) is 40.5 Å². The number of nitro groups is 1. The zero-order chi connectivity index (χ0) is 26.2. The fourth-order valence-electron chi connectivity index (χ4n) is 3.72. The van der Waals surface area contributed by atoms with Crippen LogP contribution in [0, 0.1) is 10.1 Å². The van der Waals surface area contributed by atoms with Gasteiger partial charge in [-0.3, -0.25) is 24.3 Å². The Morgan fingerprint density at radius 3 is 2.57 bits per heavy atom. The van der Waals surface area contributed by atoms with Gasteiger partial charge in [-0.25, -0.2) is 4.98 Å². The van der Waals surface area contributed by atoms with Crippen molar-refractivity contribution in [3.05, 3.63) is 86.0 Å². The Hall–Kier alpha value is -3.70. The van der Waals surface area contributed by atoms with Gasteiger partial charge in [-0.15, -0.1) is 11.3 Å². The lowest BCUT2D eigenvalue weighted by Crippen LogP contribution is -2.22. The predicted molar refractivity (Wildman–Crippen MR) is 147 cm³/mol. The third-order valence-electron chi connectivity index (χ3n) is 5.71. The highest BCUT2D eigenvalue weighted by Gasteiger charge is 2.13. The van der Waals surface area contributed by atoms with Gasteiger partial charge in [0, 0.05) is 36.5 Å². The quantitative estimate of drug-likeness (QED) is 0.0789. The number of aromatic nitrogens is 2. The van der Waals surface area contributed by atoms with Gasteiger partial charge in [0.05, 0.1) is 17.5 Å². The molecule has 0 atom stereocenters. The molecule has 0 aliphatic heterocycles. The number of hydrogen-bond donors (Lipinski definition) is 1. The van der Waals surface area contributed by atoms with Crippen molar-refractivity contribution in [1.82, 2.24) is 9.55 Å². The smallest absolute Gasteiger partial charge is 0.272 e. The van der Waals surface area contributed by atoms with E-state index in [0.717, 1.165) is 29.8 Å². The molecule has 192 valence electrons. The van der Waals surface area contributed by atoms with Crippen molar-refractivity contribution in [1.29, 1.82) is 0 Å². The molecule has 2 aromatic heterocycles. The van der Waals surface area contributed by atoms with Crippen LogP contribution < -0.4 is 15.6 Å². The van der Waals surface area contributed by atoms with Gasteiger partial charge >= 0.3 is 0 Å². The van der Waals surface area contributed by atoms with Gasteiger partial charge in [0.2, 0.25) is 5.91 Å². The number of hydrogen-bond acceptors (Lipinski definition) is 8. The number of amides is 1. The monoisotopic (exact) mass is 538 g/mol. The zero-order valence-electron chi connectivity index (χ0n) is 20.2. The molecule has 1 N–H and O–H groups in total. The van der Waals surface area contributed by atoms with Crippen molar-refractivity contribution in [2.45, 2.75) is 43.1 Å². The SMILES string of the molecule is COc1ccc(NC(=O)CCCCCn2c(SCc3ccc([N+](=O)[O-])cc3)nc3ccsc3c2=O)cc1. The fourth-order valence-corrected chi connectivity index (χ4v) is 5.48. The largest absolute Gasteiger partial charge is 0.497 e. The second-order valence-electron chi connectivity index (χ2n) is 8.29. The molecule has 0 saturated carbocycles. The maximum absolute atomic E-state index is 13.1. The van der Waals surface area contributed by atoms with Crippen molar-refractivity contribution >= 4 is 50.6 Å². The zero-order valence-corrected chi connectivity index (χ0v) is 21.8. The van der Waals surface area contributed by atoms with Crippen LogP contribution in [0.3, 0.4) is 0 Å². The molecule has 4 rings (SSSR count). The Kier molecular flexibility index (Phi) is 8.91. The van der Waals surface area contributed by atoms with Gasteiger partial charge in [0.15, 0.2) is 5.16 Å². The van der Waals surface area contributed by atoms with Gasteiger partial charge < -0.3 is 10.1 Å². The summed E-state index contributed by atoms with van der Waals surface area (Å²) in [5.74, 6) is 1.21. The Bertz CT molecular complexity index is 1430.